The molecule has 1 fully saturated rings. The molecule has 20 heavy (non-hydrogen) atoms. The Bertz CT molecular complexity index is 494. The van der Waals surface area contributed by atoms with Gasteiger partial charge in [0, 0.05) is 19.6 Å². The largest absolute Gasteiger partial charge is 0.364 e. The second-order valence-corrected chi connectivity index (χ2v) is 5.83. The molecule has 1 N–H and O–H groups in total. The molecule has 0 spiro atoms. The molecular weight excluding hydrogens is 258 g/mol. The molecule has 110 valence electrons. The summed E-state index contributed by atoms with van der Waals surface area (Å²) in [6.07, 6.45) is 3.40. The maximum atomic E-state index is 11.3. The summed E-state index contributed by atoms with van der Waals surface area (Å²) < 4.78 is 0. The second-order valence-electron chi connectivity index (χ2n) is 5.83. The molecule has 1 aromatic heterocycles. The van der Waals surface area contributed by atoms with Crippen LogP contribution < -0.4 is 10.2 Å². The highest BCUT2D eigenvalue weighted by Crippen LogP contribution is 2.36. The summed E-state index contributed by atoms with van der Waals surface area (Å²) in [7, 11) is 0. The molecule has 1 aromatic rings. The quantitative estimate of drug-likeness (QED) is 0.673. The van der Waals surface area contributed by atoms with E-state index in [-0.39, 0.29) is 5.69 Å². The number of aromatic nitrogens is 2. The smallest absolute Gasteiger partial charge is 0.353 e. The molecule has 1 aliphatic rings. The van der Waals surface area contributed by atoms with Crippen LogP contribution in [0.2, 0.25) is 0 Å². The molecule has 0 aromatic carbocycles. The van der Waals surface area contributed by atoms with Gasteiger partial charge in [0.05, 0.1) is 4.92 Å². The van der Waals surface area contributed by atoms with E-state index in [4.69, 9.17) is 0 Å². The summed E-state index contributed by atoms with van der Waals surface area (Å²) in [5.41, 5.74) is 0.275. The first-order valence-corrected chi connectivity index (χ1v) is 6.93. The number of hydrogen-bond acceptors (Lipinski definition) is 6. The molecule has 0 amide bonds. The van der Waals surface area contributed by atoms with Crippen LogP contribution >= 0.6 is 0 Å². The van der Waals surface area contributed by atoms with Crippen molar-refractivity contribution in [2.45, 2.75) is 33.6 Å². The van der Waals surface area contributed by atoms with E-state index in [0.717, 1.165) is 25.9 Å². The van der Waals surface area contributed by atoms with Crippen LogP contribution in [0, 0.1) is 15.5 Å². The Hall–Kier alpha value is -1.92. The van der Waals surface area contributed by atoms with E-state index < -0.39 is 4.92 Å². The predicted molar refractivity (Wildman–Crippen MR) is 78.1 cm³/mol. The minimum absolute atomic E-state index is 0.0194. The molecule has 2 heterocycles. The average Bonchev–Trinajstić information content (AvgIpc) is 2.38. The molecule has 0 bridgehead atoms. The lowest BCUT2D eigenvalue weighted by Gasteiger charge is -2.37. The molecule has 0 radical (unpaired) electrons. The lowest BCUT2D eigenvalue weighted by Crippen LogP contribution is -2.38. The monoisotopic (exact) mass is 279 g/mol. The predicted octanol–water partition coefficient (Wildman–Crippen LogP) is 2.44. The van der Waals surface area contributed by atoms with E-state index in [1.807, 2.05) is 11.8 Å². The molecule has 0 saturated carbocycles. The van der Waals surface area contributed by atoms with Gasteiger partial charge < -0.3 is 10.2 Å². The van der Waals surface area contributed by atoms with Gasteiger partial charge in [-0.25, -0.2) is 9.97 Å². The first-order valence-electron chi connectivity index (χ1n) is 6.93. The van der Waals surface area contributed by atoms with E-state index in [1.54, 1.807) is 0 Å². The van der Waals surface area contributed by atoms with E-state index in [2.05, 4.69) is 29.1 Å². The minimum Gasteiger partial charge on any atom is -0.364 e. The number of nitrogens with zero attached hydrogens (tertiary/aromatic N) is 4. The molecule has 1 aliphatic heterocycles. The molecule has 7 nitrogen and oxygen atoms in total. The van der Waals surface area contributed by atoms with Crippen LogP contribution in [0.4, 0.5) is 17.3 Å². The maximum absolute atomic E-state index is 11.3. The fourth-order valence-electron chi connectivity index (χ4n) is 2.39. The van der Waals surface area contributed by atoms with Crippen LogP contribution in [0.3, 0.4) is 0 Å². The van der Waals surface area contributed by atoms with Gasteiger partial charge in [0.25, 0.3) is 0 Å². The first kappa shape index (κ1) is 14.5. The molecule has 0 atom stereocenters. The molecular formula is C13H21N5O2. The topological polar surface area (TPSA) is 84.2 Å². The number of rotatable bonds is 4. The number of nitro groups is 1. The molecule has 2 rings (SSSR count). The Labute approximate surface area is 118 Å². The van der Waals surface area contributed by atoms with Crippen molar-refractivity contribution >= 4 is 17.3 Å². The summed E-state index contributed by atoms with van der Waals surface area (Å²) in [6, 6.07) is 0. The van der Waals surface area contributed by atoms with Crippen molar-refractivity contribution in [3.8, 4) is 0 Å². The van der Waals surface area contributed by atoms with Gasteiger partial charge in [-0.15, -0.1) is 0 Å². The number of piperidine rings is 1. The van der Waals surface area contributed by atoms with E-state index in [0.29, 0.717) is 23.6 Å². The molecule has 0 unspecified atom stereocenters. The molecule has 7 heteroatoms. The van der Waals surface area contributed by atoms with Gasteiger partial charge in [0.2, 0.25) is 11.6 Å². The van der Waals surface area contributed by atoms with Gasteiger partial charge in [0.15, 0.2) is 0 Å². The Kier molecular flexibility index (Phi) is 4.06. The Morgan fingerprint density at radius 3 is 2.60 bits per heavy atom. The van der Waals surface area contributed by atoms with Crippen LogP contribution in [-0.4, -0.2) is 34.5 Å². The maximum Gasteiger partial charge on any atom is 0.353 e. The van der Waals surface area contributed by atoms with Crippen molar-refractivity contribution in [2.24, 2.45) is 5.41 Å². The first-order chi connectivity index (χ1) is 9.44. The third kappa shape index (κ3) is 2.97. The highest BCUT2D eigenvalue weighted by atomic mass is 16.6. The van der Waals surface area contributed by atoms with Crippen molar-refractivity contribution < 1.29 is 4.92 Å². The van der Waals surface area contributed by atoms with Crippen molar-refractivity contribution in [2.75, 3.05) is 29.9 Å². The van der Waals surface area contributed by atoms with Crippen molar-refractivity contribution in [1.29, 1.82) is 0 Å². The molecule has 1 saturated heterocycles. The summed E-state index contributed by atoms with van der Waals surface area (Å²) >= 11 is 0. The van der Waals surface area contributed by atoms with Gasteiger partial charge in [-0.1, -0.05) is 13.8 Å². The minimum atomic E-state index is -0.396. The zero-order chi connectivity index (χ0) is 14.8. The summed E-state index contributed by atoms with van der Waals surface area (Å²) in [5, 5.41) is 14.3. The molecule has 0 aliphatic carbocycles. The third-order valence-corrected chi connectivity index (χ3v) is 3.75. The normalized spacial score (nSPS) is 17.9. The van der Waals surface area contributed by atoms with Gasteiger partial charge >= 0.3 is 5.69 Å². The fourth-order valence-corrected chi connectivity index (χ4v) is 2.39. The SMILES string of the molecule is CCNc1ncnc(N2CCC(C)(C)CC2)c1[N+](=O)[O-]. The summed E-state index contributed by atoms with van der Waals surface area (Å²) in [4.78, 5) is 21.1. The standard InChI is InChI=1S/C13H21N5O2/c1-4-14-11-10(18(19)20)12(16-9-15-11)17-7-5-13(2,3)6-8-17/h9H,4-8H2,1-3H3,(H,14,15,16). The Morgan fingerprint density at radius 2 is 2.05 bits per heavy atom. The van der Waals surface area contributed by atoms with Gasteiger partial charge in [0.1, 0.15) is 6.33 Å². The highest BCUT2D eigenvalue weighted by molar-refractivity contribution is 5.70. The van der Waals surface area contributed by atoms with E-state index >= 15 is 0 Å². The average molecular weight is 279 g/mol. The van der Waals surface area contributed by atoms with Crippen molar-refractivity contribution in [3.05, 3.63) is 16.4 Å². The van der Waals surface area contributed by atoms with E-state index in [9.17, 15) is 10.1 Å². The lowest BCUT2D eigenvalue weighted by atomic mass is 9.83. The number of anilines is 2. The Balaban J connectivity index is 2.32. The van der Waals surface area contributed by atoms with Gasteiger partial charge in [-0.2, -0.15) is 0 Å². The summed E-state index contributed by atoms with van der Waals surface area (Å²) in [6.45, 7) is 8.50. The van der Waals surface area contributed by atoms with Crippen LogP contribution in [-0.2, 0) is 0 Å². The summed E-state index contributed by atoms with van der Waals surface area (Å²) in [5.74, 6) is 0.726. The van der Waals surface area contributed by atoms with Crippen LogP contribution in [0.15, 0.2) is 6.33 Å². The van der Waals surface area contributed by atoms with Crippen molar-refractivity contribution in [3.63, 3.8) is 0 Å². The van der Waals surface area contributed by atoms with E-state index in [1.165, 1.54) is 6.33 Å². The zero-order valence-electron chi connectivity index (χ0n) is 12.2. The fraction of sp³-hybridized carbons (Fsp3) is 0.692. The lowest BCUT2D eigenvalue weighted by molar-refractivity contribution is -0.383. The second kappa shape index (κ2) is 5.60. The number of nitrogens with one attached hydrogen (secondary N) is 1. The van der Waals surface area contributed by atoms with Gasteiger partial charge in [-0.05, 0) is 25.2 Å². The zero-order valence-corrected chi connectivity index (χ0v) is 12.2. The van der Waals surface area contributed by atoms with Crippen LogP contribution in [0.1, 0.15) is 33.6 Å². The highest BCUT2D eigenvalue weighted by Gasteiger charge is 2.31. The Morgan fingerprint density at radius 1 is 1.40 bits per heavy atom. The van der Waals surface area contributed by atoms with Crippen LogP contribution in [0.5, 0.6) is 0 Å². The third-order valence-electron chi connectivity index (χ3n) is 3.75. The van der Waals surface area contributed by atoms with Crippen LogP contribution in [0.25, 0.3) is 0 Å². The van der Waals surface area contributed by atoms with Gasteiger partial charge in [-0.3, -0.25) is 10.1 Å². The number of hydrogen-bond donors (Lipinski definition) is 1. The van der Waals surface area contributed by atoms with Crippen molar-refractivity contribution in [1.82, 2.24) is 9.97 Å².